The molecule has 2 aromatic heterocycles. The summed E-state index contributed by atoms with van der Waals surface area (Å²) in [5.41, 5.74) is 11.2. The predicted molar refractivity (Wildman–Crippen MR) is 140 cm³/mol. The average Bonchev–Trinajstić information content (AvgIpc) is 3.22. The number of amides is 2. The summed E-state index contributed by atoms with van der Waals surface area (Å²) in [5, 5.41) is 4.61. The van der Waals surface area contributed by atoms with Gasteiger partial charge in [0, 0.05) is 38.2 Å². The zero-order valence-electron chi connectivity index (χ0n) is 18.8. The molecule has 0 aliphatic carbocycles. The Morgan fingerprint density at radius 3 is 2.63 bits per heavy atom. The monoisotopic (exact) mass is 528 g/mol. The second kappa shape index (κ2) is 9.23. The van der Waals surface area contributed by atoms with Crippen molar-refractivity contribution in [1.82, 2.24) is 9.97 Å². The smallest absolute Gasteiger partial charge is 0.411 e. The first-order valence-electron chi connectivity index (χ1n) is 10.9. The molecule has 7 nitrogen and oxygen atoms in total. The lowest BCUT2D eigenvalue weighted by atomic mass is 9.96. The molecule has 174 valence electrons. The van der Waals surface area contributed by atoms with E-state index in [0.29, 0.717) is 11.2 Å². The van der Waals surface area contributed by atoms with Gasteiger partial charge in [-0.05, 0) is 41.8 Å². The number of hydrogen-bond donors (Lipinski definition) is 3. The maximum atomic E-state index is 12.5. The van der Waals surface area contributed by atoms with Gasteiger partial charge in [-0.25, -0.2) is 9.78 Å². The third kappa shape index (κ3) is 4.36. The van der Waals surface area contributed by atoms with Crippen molar-refractivity contribution < 1.29 is 14.3 Å². The maximum Gasteiger partial charge on any atom is 0.411 e. The van der Waals surface area contributed by atoms with Gasteiger partial charge in [-0.15, -0.1) is 0 Å². The van der Waals surface area contributed by atoms with Crippen LogP contribution in [0.15, 0.2) is 77.4 Å². The number of fused-ring (bicyclic) bond motifs is 3. The molecule has 2 amide bonds. The van der Waals surface area contributed by atoms with Crippen LogP contribution >= 0.6 is 15.9 Å². The minimum absolute atomic E-state index is 0.174. The summed E-state index contributed by atoms with van der Waals surface area (Å²) in [6.07, 6.45) is 1.11. The molecule has 0 aliphatic heterocycles. The highest BCUT2D eigenvalue weighted by molar-refractivity contribution is 9.10. The Labute approximate surface area is 209 Å². The summed E-state index contributed by atoms with van der Waals surface area (Å²) in [7, 11) is 0. The molecule has 8 heteroatoms. The number of nitrogens with two attached hydrogens (primary N) is 1. The molecule has 0 saturated carbocycles. The number of carbonyl (C=O) groups is 2. The van der Waals surface area contributed by atoms with Crippen molar-refractivity contribution in [3.05, 3.63) is 94.2 Å². The summed E-state index contributed by atoms with van der Waals surface area (Å²) >= 11 is 3.49. The highest BCUT2D eigenvalue weighted by Gasteiger charge is 2.20. The van der Waals surface area contributed by atoms with E-state index in [1.165, 1.54) is 0 Å². The van der Waals surface area contributed by atoms with Gasteiger partial charge < -0.3 is 15.5 Å². The molecule has 5 rings (SSSR count). The molecular weight excluding hydrogens is 508 g/mol. The van der Waals surface area contributed by atoms with Crippen LogP contribution in [0.5, 0.6) is 0 Å². The van der Waals surface area contributed by atoms with Gasteiger partial charge in [0.15, 0.2) is 5.69 Å². The number of carbonyl (C=O) groups excluding carboxylic acids is 2. The van der Waals surface area contributed by atoms with E-state index in [0.717, 1.165) is 43.0 Å². The largest absolute Gasteiger partial charge is 0.444 e. The molecular formula is C27H21BrN4O3. The lowest BCUT2D eigenvalue weighted by Crippen LogP contribution is -2.15. The second-order valence-electron chi connectivity index (χ2n) is 8.11. The molecule has 0 unspecified atom stereocenters. The van der Waals surface area contributed by atoms with Crippen LogP contribution in [0, 0.1) is 6.92 Å². The molecule has 35 heavy (non-hydrogen) atoms. The molecule has 0 atom stereocenters. The van der Waals surface area contributed by atoms with Crippen molar-refractivity contribution in [2.45, 2.75) is 13.5 Å². The van der Waals surface area contributed by atoms with Gasteiger partial charge in [0.2, 0.25) is 0 Å². The van der Waals surface area contributed by atoms with E-state index in [1.54, 1.807) is 6.20 Å². The third-order valence-corrected chi connectivity index (χ3v) is 6.39. The average molecular weight is 529 g/mol. The Hall–Kier alpha value is -4.17. The first-order chi connectivity index (χ1) is 16.9. The van der Waals surface area contributed by atoms with Crippen molar-refractivity contribution in [1.29, 1.82) is 0 Å². The fourth-order valence-corrected chi connectivity index (χ4v) is 4.57. The van der Waals surface area contributed by atoms with Gasteiger partial charge in [0.25, 0.3) is 5.91 Å². The van der Waals surface area contributed by atoms with Crippen LogP contribution < -0.4 is 11.1 Å². The fraction of sp³-hybridized carbons (Fsp3) is 0.0741. The fourth-order valence-electron chi connectivity index (χ4n) is 4.21. The van der Waals surface area contributed by atoms with Crippen LogP contribution in [-0.2, 0) is 11.3 Å². The Balaban J connectivity index is 1.55. The third-order valence-electron chi connectivity index (χ3n) is 5.90. The first-order valence-corrected chi connectivity index (χ1v) is 11.7. The minimum atomic E-state index is -0.611. The van der Waals surface area contributed by atoms with E-state index < -0.39 is 12.0 Å². The Morgan fingerprint density at radius 1 is 1.06 bits per heavy atom. The molecule has 4 N–H and O–H groups in total. The Bertz CT molecular complexity index is 1600. The number of benzene rings is 3. The van der Waals surface area contributed by atoms with Crippen molar-refractivity contribution in [3.63, 3.8) is 0 Å². The number of nitrogens with zero attached hydrogens (tertiary/aromatic N) is 1. The number of nitrogens with one attached hydrogen (secondary N) is 2. The van der Waals surface area contributed by atoms with Crippen LogP contribution in [0.25, 0.3) is 32.9 Å². The van der Waals surface area contributed by atoms with Crippen LogP contribution in [-0.4, -0.2) is 22.0 Å². The minimum Gasteiger partial charge on any atom is -0.444 e. The quantitative estimate of drug-likeness (QED) is 0.248. The zero-order chi connectivity index (χ0) is 24.5. The topological polar surface area (TPSA) is 110 Å². The number of aromatic amines is 1. The molecule has 3 aromatic carbocycles. The van der Waals surface area contributed by atoms with E-state index >= 15 is 0 Å². The van der Waals surface area contributed by atoms with Crippen LogP contribution in [0.2, 0.25) is 0 Å². The summed E-state index contributed by atoms with van der Waals surface area (Å²) in [6.45, 7) is 2.09. The number of aromatic nitrogens is 2. The van der Waals surface area contributed by atoms with Crippen LogP contribution in [0.1, 0.15) is 21.6 Å². The Morgan fingerprint density at radius 2 is 1.86 bits per heavy atom. The SMILES string of the molecule is Cc1c(NC(=O)OCc2ccccc2)cccc1-c1cnc(C(N)=O)c2[nH]c3cc(Br)ccc3c12. The number of ether oxygens (including phenoxy) is 1. The zero-order valence-corrected chi connectivity index (χ0v) is 20.3. The molecule has 0 aliphatic rings. The molecule has 5 aromatic rings. The Kier molecular flexibility index (Phi) is 5.96. The lowest BCUT2D eigenvalue weighted by molar-refractivity contribution is 0.0997. The summed E-state index contributed by atoms with van der Waals surface area (Å²) in [4.78, 5) is 32.2. The summed E-state index contributed by atoms with van der Waals surface area (Å²) in [5.74, 6) is -0.611. The predicted octanol–water partition coefficient (Wildman–Crippen LogP) is 6.30. The number of pyridine rings is 1. The molecule has 0 saturated heterocycles. The van der Waals surface area contributed by atoms with E-state index in [2.05, 4.69) is 31.2 Å². The van der Waals surface area contributed by atoms with Crippen molar-refractivity contribution in [2.75, 3.05) is 5.32 Å². The normalized spacial score (nSPS) is 11.0. The number of hydrogen-bond acceptors (Lipinski definition) is 4. The van der Waals surface area contributed by atoms with Crippen LogP contribution in [0.4, 0.5) is 10.5 Å². The highest BCUT2D eigenvalue weighted by Crippen LogP contribution is 2.38. The van der Waals surface area contributed by atoms with Gasteiger partial charge in [0.05, 0.1) is 5.52 Å². The molecule has 0 bridgehead atoms. The van der Waals surface area contributed by atoms with Crippen molar-refractivity contribution in [3.8, 4) is 11.1 Å². The molecule has 0 fully saturated rings. The standard InChI is InChI=1S/C27H21BrN4O3/c1-15-18(8-5-9-21(15)32-27(34)35-14-16-6-3-2-4-7-16)20-13-30-25(26(29)33)24-23(20)19-11-10-17(28)12-22(19)31-24/h2-13,31H,14H2,1H3,(H2,29,33)(H,32,34). The first kappa shape index (κ1) is 22.6. The summed E-state index contributed by atoms with van der Waals surface area (Å²) in [6, 6.07) is 21.0. The number of primary amides is 1. The van der Waals surface area contributed by atoms with E-state index in [9.17, 15) is 9.59 Å². The highest BCUT2D eigenvalue weighted by atomic mass is 79.9. The molecule has 2 heterocycles. The maximum absolute atomic E-state index is 12.5. The summed E-state index contributed by atoms with van der Waals surface area (Å²) < 4.78 is 6.28. The van der Waals surface area contributed by atoms with Gasteiger partial charge in [-0.3, -0.25) is 10.1 Å². The van der Waals surface area contributed by atoms with E-state index in [1.807, 2.05) is 73.7 Å². The second-order valence-corrected chi connectivity index (χ2v) is 9.03. The lowest BCUT2D eigenvalue weighted by Gasteiger charge is -2.14. The van der Waals surface area contributed by atoms with Gasteiger partial charge in [0.1, 0.15) is 6.61 Å². The number of halogens is 1. The number of anilines is 1. The van der Waals surface area contributed by atoms with Gasteiger partial charge >= 0.3 is 6.09 Å². The number of H-pyrrole nitrogens is 1. The van der Waals surface area contributed by atoms with Crippen LogP contribution in [0.3, 0.4) is 0 Å². The molecule has 0 radical (unpaired) electrons. The molecule has 0 spiro atoms. The van der Waals surface area contributed by atoms with Gasteiger partial charge in [-0.2, -0.15) is 0 Å². The van der Waals surface area contributed by atoms with Crippen molar-refractivity contribution in [2.24, 2.45) is 5.73 Å². The van der Waals surface area contributed by atoms with E-state index in [4.69, 9.17) is 10.5 Å². The van der Waals surface area contributed by atoms with Crippen molar-refractivity contribution >= 4 is 55.4 Å². The van der Waals surface area contributed by atoms with Gasteiger partial charge in [-0.1, -0.05) is 64.5 Å². The number of rotatable bonds is 5. The van der Waals surface area contributed by atoms with E-state index in [-0.39, 0.29) is 12.3 Å².